The molecule has 0 amide bonds. The van der Waals surface area contributed by atoms with Crippen molar-refractivity contribution in [2.75, 3.05) is 11.5 Å². The maximum Gasteiger partial charge on any atom is 0.211 e. The van der Waals surface area contributed by atoms with Crippen LogP contribution in [0.4, 0.5) is 0 Å². The van der Waals surface area contributed by atoms with Crippen molar-refractivity contribution in [3.05, 3.63) is 44.9 Å². The zero-order chi connectivity index (χ0) is 19.8. The van der Waals surface area contributed by atoms with Gasteiger partial charge in [-0.1, -0.05) is 36.7 Å². The largest absolute Gasteiger partial charge is 0.282 e. The van der Waals surface area contributed by atoms with Gasteiger partial charge in [0.2, 0.25) is 10.2 Å². The summed E-state index contributed by atoms with van der Waals surface area (Å²) in [7, 11) is 0. The van der Waals surface area contributed by atoms with Crippen molar-refractivity contribution in [2.45, 2.75) is 42.3 Å². The Labute approximate surface area is 188 Å². The van der Waals surface area contributed by atoms with Gasteiger partial charge in [0.25, 0.3) is 0 Å². The van der Waals surface area contributed by atoms with Gasteiger partial charge in [0.05, 0.1) is 9.16 Å². The molecule has 0 saturated carbocycles. The SMILES string of the molecule is C=CC(=O)SCC1=C(C)SC(CCCC2SC(C)=C(CSC(=O)C=C)S2)S1. The fourth-order valence-electron chi connectivity index (χ4n) is 2.41. The lowest BCUT2D eigenvalue weighted by atomic mass is 10.3. The summed E-state index contributed by atoms with van der Waals surface area (Å²) in [6, 6.07) is 0. The monoisotopic (exact) mass is 476 g/mol. The molecule has 0 aromatic heterocycles. The highest BCUT2D eigenvalue weighted by Crippen LogP contribution is 2.51. The molecule has 2 aliphatic heterocycles. The number of carbonyl (C=O) groups excluding carboxylic acids is 2. The average molecular weight is 477 g/mol. The van der Waals surface area contributed by atoms with Crippen molar-refractivity contribution < 1.29 is 9.59 Å². The lowest BCUT2D eigenvalue weighted by Gasteiger charge is -2.12. The predicted octanol–water partition coefficient (Wildman–Crippen LogP) is 7.12. The Morgan fingerprint density at radius 1 is 0.852 bits per heavy atom. The fraction of sp³-hybridized carbons (Fsp3) is 0.474. The van der Waals surface area contributed by atoms with Crippen molar-refractivity contribution in [3.63, 3.8) is 0 Å². The molecule has 27 heavy (non-hydrogen) atoms. The Balaban J connectivity index is 1.65. The lowest BCUT2D eigenvalue weighted by Crippen LogP contribution is -1.98. The van der Waals surface area contributed by atoms with Gasteiger partial charge in [-0.25, -0.2) is 0 Å². The first kappa shape index (κ1) is 23.7. The molecule has 0 aromatic carbocycles. The van der Waals surface area contributed by atoms with E-state index in [2.05, 4.69) is 27.0 Å². The van der Waals surface area contributed by atoms with Crippen LogP contribution in [0.25, 0.3) is 0 Å². The smallest absolute Gasteiger partial charge is 0.211 e. The fourth-order valence-corrected chi connectivity index (χ4v) is 10.5. The van der Waals surface area contributed by atoms with E-state index in [1.807, 2.05) is 47.0 Å². The summed E-state index contributed by atoms with van der Waals surface area (Å²) in [6.07, 6.45) is 6.35. The molecule has 148 valence electrons. The molecule has 0 fully saturated rings. The van der Waals surface area contributed by atoms with Gasteiger partial charge in [-0.05, 0) is 55.1 Å². The topological polar surface area (TPSA) is 34.1 Å². The Kier molecular flexibility index (Phi) is 10.7. The molecule has 0 aliphatic carbocycles. The molecule has 8 heteroatoms. The minimum Gasteiger partial charge on any atom is -0.282 e. The molecule has 0 aromatic rings. The van der Waals surface area contributed by atoms with Gasteiger partial charge < -0.3 is 0 Å². The highest BCUT2D eigenvalue weighted by molar-refractivity contribution is 8.25. The summed E-state index contributed by atoms with van der Waals surface area (Å²) < 4.78 is 1.15. The number of carbonyl (C=O) groups is 2. The van der Waals surface area contributed by atoms with Crippen LogP contribution in [-0.4, -0.2) is 30.9 Å². The Bertz CT molecular complexity index is 611. The summed E-state index contributed by atoms with van der Waals surface area (Å²) in [5, 5.41) is 0.0949. The summed E-state index contributed by atoms with van der Waals surface area (Å²) in [6.45, 7) is 11.4. The van der Waals surface area contributed by atoms with Crippen LogP contribution in [0.5, 0.6) is 0 Å². The van der Waals surface area contributed by atoms with Crippen LogP contribution in [0.2, 0.25) is 0 Å². The predicted molar refractivity (Wildman–Crippen MR) is 133 cm³/mol. The van der Waals surface area contributed by atoms with Crippen LogP contribution < -0.4 is 0 Å². The second kappa shape index (κ2) is 12.2. The Morgan fingerprint density at radius 3 is 1.63 bits per heavy atom. The molecule has 2 unspecified atom stereocenters. The van der Waals surface area contributed by atoms with Gasteiger partial charge in [-0.3, -0.25) is 9.59 Å². The molecule has 2 rings (SSSR count). The first-order valence-corrected chi connectivity index (χ1v) is 14.1. The van der Waals surface area contributed by atoms with Crippen molar-refractivity contribution in [3.8, 4) is 0 Å². The summed E-state index contributed by atoms with van der Waals surface area (Å²) in [5.74, 6) is 1.54. The molecular weight excluding hydrogens is 453 g/mol. The zero-order valence-electron chi connectivity index (χ0n) is 15.5. The van der Waals surface area contributed by atoms with E-state index >= 15 is 0 Å². The van der Waals surface area contributed by atoms with Crippen LogP contribution >= 0.6 is 70.6 Å². The van der Waals surface area contributed by atoms with Crippen molar-refractivity contribution in [1.82, 2.24) is 0 Å². The van der Waals surface area contributed by atoms with Crippen LogP contribution in [0.15, 0.2) is 44.9 Å². The second-order valence-electron chi connectivity index (χ2n) is 5.84. The van der Waals surface area contributed by atoms with Gasteiger partial charge >= 0.3 is 0 Å². The lowest BCUT2D eigenvalue weighted by molar-refractivity contribution is -0.107. The normalized spacial score (nSPS) is 22.4. The van der Waals surface area contributed by atoms with Gasteiger partial charge in [0, 0.05) is 21.3 Å². The first-order valence-electron chi connectivity index (χ1n) is 8.57. The Morgan fingerprint density at radius 2 is 1.26 bits per heavy atom. The van der Waals surface area contributed by atoms with Crippen LogP contribution in [0.3, 0.4) is 0 Å². The van der Waals surface area contributed by atoms with Crippen molar-refractivity contribution in [2.24, 2.45) is 0 Å². The van der Waals surface area contributed by atoms with E-state index in [9.17, 15) is 9.59 Å². The summed E-state index contributed by atoms with van der Waals surface area (Å²) in [5.41, 5.74) is 0. The quantitative estimate of drug-likeness (QED) is 0.308. The molecule has 2 nitrogen and oxygen atoms in total. The third kappa shape index (κ3) is 7.97. The van der Waals surface area contributed by atoms with Crippen LogP contribution in [-0.2, 0) is 9.59 Å². The highest BCUT2D eigenvalue weighted by Gasteiger charge is 2.26. The molecule has 2 aliphatic rings. The minimum atomic E-state index is 0.0475. The van der Waals surface area contributed by atoms with E-state index in [1.165, 1.54) is 74.6 Å². The number of rotatable bonds is 10. The van der Waals surface area contributed by atoms with Crippen LogP contribution in [0.1, 0.15) is 33.1 Å². The molecular formula is C19H24O2S6. The van der Waals surface area contributed by atoms with E-state index in [4.69, 9.17) is 0 Å². The number of thioether (sulfide) groups is 6. The number of allylic oxidation sites excluding steroid dienone is 2. The summed E-state index contributed by atoms with van der Waals surface area (Å²) >= 11 is 10.4. The standard InChI is InChI=1S/C19H24O2S6/c1-5-16(20)22-10-14-12(3)24-18(26-14)8-7-9-19-25-13(4)15(27-19)11-23-17(21)6-2/h5-6,18-19H,1-2,7-11H2,3-4H3. The van der Waals surface area contributed by atoms with E-state index in [-0.39, 0.29) is 10.2 Å². The third-order valence-corrected chi connectivity index (χ3v) is 12.1. The Hall–Kier alpha value is 0.400. The van der Waals surface area contributed by atoms with E-state index in [0.717, 1.165) is 11.5 Å². The number of hydrogen-bond donors (Lipinski definition) is 0. The molecule has 0 radical (unpaired) electrons. The van der Waals surface area contributed by atoms with Crippen molar-refractivity contribution >= 4 is 80.8 Å². The average Bonchev–Trinajstić information content (AvgIpc) is 3.19. The molecule has 2 heterocycles. The van der Waals surface area contributed by atoms with Crippen molar-refractivity contribution in [1.29, 1.82) is 0 Å². The highest BCUT2D eigenvalue weighted by atomic mass is 32.2. The minimum absolute atomic E-state index is 0.0475. The molecule has 0 bridgehead atoms. The number of hydrogen-bond acceptors (Lipinski definition) is 8. The molecule has 0 saturated heterocycles. The molecule has 2 atom stereocenters. The molecule has 0 spiro atoms. The third-order valence-electron chi connectivity index (χ3n) is 3.85. The van der Waals surface area contributed by atoms with Crippen LogP contribution in [0, 0.1) is 0 Å². The van der Waals surface area contributed by atoms with Gasteiger partial charge in [-0.15, -0.1) is 47.0 Å². The van der Waals surface area contributed by atoms with Gasteiger partial charge in [0.1, 0.15) is 0 Å². The molecule has 0 N–H and O–H groups in total. The zero-order valence-corrected chi connectivity index (χ0v) is 20.4. The van der Waals surface area contributed by atoms with E-state index in [0.29, 0.717) is 9.16 Å². The maximum atomic E-state index is 11.4. The van der Waals surface area contributed by atoms with E-state index in [1.54, 1.807) is 0 Å². The van der Waals surface area contributed by atoms with Gasteiger partial charge in [0.15, 0.2) is 0 Å². The summed E-state index contributed by atoms with van der Waals surface area (Å²) in [4.78, 5) is 28.2. The second-order valence-corrected chi connectivity index (χ2v) is 13.8. The maximum absolute atomic E-state index is 11.4. The van der Waals surface area contributed by atoms with E-state index < -0.39 is 0 Å². The van der Waals surface area contributed by atoms with Gasteiger partial charge in [-0.2, -0.15) is 0 Å². The first-order chi connectivity index (χ1) is 12.9.